The van der Waals surface area contributed by atoms with E-state index >= 15 is 0 Å². The zero-order chi connectivity index (χ0) is 14.5. The smallest absolute Gasteiger partial charge is 0.230 e. The number of piperidine rings is 1. The minimum absolute atomic E-state index is 0. The lowest BCUT2D eigenvalue weighted by Crippen LogP contribution is -2.48. The number of hydrogen-bond acceptors (Lipinski definition) is 2. The number of benzene rings is 1. The fraction of sp³-hybridized carbons (Fsp3) is 0.588. The molecule has 1 aromatic rings. The lowest BCUT2D eigenvalue weighted by Gasteiger charge is -2.35. The van der Waals surface area contributed by atoms with Gasteiger partial charge in [0.05, 0.1) is 5.92 Å². The molecule has 0 aliphatic carbocycles. The van der Waals surface area contributed by atoms with E-state index in [9.17, 15) is 4.79 Å². The fourth-order valence-electron chi connectivity index (χ4n) is 3.02. The molecule has 3 unspecified atom stereocenters. The van der Waals surface area contributed by atoms with Gasteiger partial charge in [0.15, 0.2) is 0 Å². The SMILES string of the molecule is CCC(C)C(C(=O)N1CCCC(N)C1)c1ccccc1.Cl. The summed E-state index contributed by atoms with van der Waals surface area (Å²) in [6.45, 7) is 5.88. The highest BCUT2D eigenvalue weighted by molar-refractivity contribution is 5.85. The first-order chi connectivity index (χ1) is 9.63. The number of amides is 1. The van der Waals surface area contributed by atoms with Gasteiger partial charge in [0, 0.05) is 19.1 Å². The lowest BCUT2D eigenvalue weighted by atomic mass is 9.84. The van der Waals surface area contributed by atoms with Gasteiger partial charge in [-0.3, -0.25) is 4.79 Å². The van der Waals surface area contributed by atoms with Crippen molar-refractivity contribution in [3.8, 4) is 0 Å². The molecule has 2 N–H and O–H groups in total. The maximum atomic E-state index is 12.9. The van der Waals surface area contributed by atoms with E-state index in [0.29, 0.717) is 12.5 Å². The Balaban J connectivity index is 0.00000220. The number of halogens is 1. The Kier molecular flexibility index (Phi) is 7.20. The van der Waals surface area contributed by atoms with Gasteiger partial charge in [-0.15, -0.1) is 12.4 Å². The monoisotopic (exact) mass is 310 g/mol. The number of carbonyl (C=O) groups excluding carboxylic acids is 1. The van der Waals surface area contributed by atoms with Crippen LogP contribution in [0.2, 0.25) is 0 Å². The molecule has 3 atom stereocenters. The number of carbonyl (C=O) groups is 1. The van der Waals surface area contributed by atoms with Crippen molar-refractivity contribution in [2.75, 3.05) is 13.1 Å². The van der Waals surface area contributed by atoms with Crippen molar-refractivity contribution >= 4 is 18.3 Å². The van der Waals surface area contributed by atoms with Crippen LogP contribution in [0.1, 0.15) is 44.6 Å². The molecule has 118 valence electrons. The molecular formula is C17H27ClN2O. The van der Waals surface area contributed by atoms with Crippen molar-refractivity contribution in [3.05, 3.63) is 35.9 Å². The van der Waals surface area contributed by atoms with Crippen LogP contribution in [0.25, 0.3) is 0 Å². The molecule has 1 aliphatic rings. The van der Waals surface area contributed by atoms with Crippen LogP contribution in [0, 0.1) is 5.92 Å². The van der Waals surface area contributed by atoms with E-state index in [1.165, 1.54) is 0 Å². The Hall–Kier alpha value is -1.06. The van der Waals surface area contributed by atoms with Crippen LogP contribution in [0.5, 0.6) is 0 Å². The van der Waals surface area contributed by atoms with Gasteiger partial charge in [0.25, 0.3) is 0 Å². The number of nitrogens with two attached hydrogens (primary N) is 1. The highest BCUT2D eigenvalue weighted by Gasteiger charge is 2.31. The van der Waals surface area contributed by atoms with Crippen molar-refractivity contribution in [1.82, 2.24) is 4.90 Å². The number of nitrogens with zero attached hydrogens (tertiary/aromatic N) is 1. The second-order valence-corrected chi connectivity index (χ2v) is 5.96. The first-order valence-corrected chi connectivity index (χ1v) is 7.72. The Morgan fingerprint density at radius 2 is 2.05 bits per heavy atom. The second kappa shape index (κ2) is 8.40. The summed E-state index contributed by atoms with van der Waals surface area (Å²) in [6.07, 6.45) is 3.06. The average molecular weight is 311 g/mol. The molecule has 1 amide bonds. The highest BCUT2D eigenvalue weighted by Crippen LogP contribution is 2.30. The van der Waals surface area contributed by atoms with Crippen molar-refractivity contribution in [2.45, 2.75) is 45.1 Å². The van der Waals surface area contributed by atoms with E-state index in [-0.39, 0.29) is 30.3 Å². The second-order valence-electron chi connectivity index (χ2n) is 5.96. The minimum atomic E-state index is -0.0356. The highest BCUT2D eigenvalue weighted by atomic mass is 35.5. The molecule has 1 fully saturated rings. The maximum absolute atomic E-state index is 12.9. The number of hydrogen-bond donors (Lipinski definition) is 1. The third-order valence-electron chi connectivity index (χ3n) is 4.41. The molecule has 1 saturated heterocycles. The van der Waals surface area contributed by atoms with E-state index in [1.54, 1.807) is 0 Å². The maximum Gasteiger partial charge on any atom is 0.230 e. The summed E-state index contributed by atoms with van der Waals surface area (Å²) in [5.74, 6) is 0.565. The summed E-state index contributed by atoms with van der Waals surface area (Å²) >= 11 is 0. The molecule has 0 spiro atoms. The summed E-state index contributed by atoms with van der Waals surface area (Å²) in [4.78, 5) is 14.9. The summed E-state index contributed by atoms with van der Waals surface area (Å²) < 4.78 is 0. The van der Waals surface area contributed by atoms with Crippen LogP contribution in [0.4, 0.5) is 0 Å². The average Bonchev–Trinajstić information content (AvgIpc) is 2.48. The largest absolute Gasteiger partial charge is 0.341 e. The third kappa shape index (κ3) is 4.45. The molecule has 21 heavy (non-hydrogen) atoms. The zero-order valence-corrected chi connectivity index (χ0v) is 13.8. The zero-order valence-electron chi connectivity index (χ0n) is 13.0. The first-order valence-electron chi connectivity index (χ1n) is 7.72. The summed E-state index contributed by atoms with van der Waals surface area (Å²) in [7, 11) is 0. The summed E-state index contributed by atoms with van der Waals surface area (Å²) in [5.41, 5.74) is 7.15. The molecule has 4 heteroatoms. The first kappa shape index (κ1) is 18.0. The topological polar surface area (TPSA) is 46.3 Å². The summed E-state index contributed by atoms with van der Waals surface area (Å²) in [5, 5.41) is 0. The molecule has 0 aromatic heterocycles. The van der Waals surface area contributed by atoms with E-state index in [0.717, 1.165) is 31.4 Å². The third-order valence-corrected chi connectivity index (χ3v) is 4.41. The number of rotatable bonds is 4. The molecule has 1 aliphatic heterocycles. The van der Waals surface area contributed by atoms with Gasteiger partial charge in [0.2, 0.25) is 5.91 Å². The molecule has 2 rings (SSSR count). The molecular weight excluding hydrogens is 284 g/mol. The Bertz CT molecular complexity index is 438. The molecule has 3 nitrogen and oxygen atoms in total. The van der Waals surface area contributed by atoms with E-state index < -0.39 is 0 Å². The molecule has 0 bridgehead atoms. The van der Waals surface area contributed by atoms with Gasteiger partial charge in [-0.1, -0.05) is 50.6 Å². The van der Waals surface area contributed by atoms with Crippen molar-refractivity contribution < 1.29 is 4.79 Å². The van der Waals surface area contributed by atoms with Gasteiger partial charge in [-0.05, 0) is 24.3 Å². The van der Waals surface area contributed by atoms with Crippen LogP contribution in [0.15, 0.2) is 30.3 Å². The molecule has 1 heterocycles. The Labute approximate surface area is 134 Å². The normalized spacial score (nSPS) is 21.3. The van der Waals surface area contributed by atoms with Crippen LogP contribution >= 0.6 is 12.4 Å². The van der Waals surface area contributed by atoms with Gasteiger partial charge < -0.3 is 10.6 Å². The van der Waals surface area contributed by atoms with Crippen LogP contribution in [-0.2, 0) is 4.79 Å². The van der Waals surface area contributed by atoms with E-state index in [4.69, 9.17) is 5.73 Å². The standard InChI is InChI=1S/C17H26N2O.ClH/c1-3-13(2)16(14-8-5-4-6-9-14)17(20)19-11-7-10-15(18)12-19;/h4-6,8-9,13,15-16H,3,7,10-12,18H2,1-2H3;1H. The van der Waals surface area contributed by atoms with Crippen LogP contribution < -0.4 is 5.73 Å². The van der Waals surface area contributed by atoms with E-state index in [2.05, 4.69) is 26.0 Å². The Morgan fingerprint density at radius 3 is 2.62 bits per heavy atom. The minimum Gasteiger partial charge on any atom is -0.341 e. The van der Waals surface area contributed by atoms with Gasteiger partial charge in [0.1, 0.15) is 0 Å². The molecule has 1 aromatic carbocycles. The molecule has 0 saturated carbocycles. The van der Waals surface area contributed by atoms with Crippen LogP contribution in [0.3, 0.4) is 0 Å². The summed E-state index contributed by atoms with van der Waals surface area (Å²) in [6, 6.07) is 10.3. The van der Waals surface area contributed by atoms with Gasteiger partial charge in [-0.25, -0.2) is 0 Å². The number of likely N-dealkylation sites (tertiary alicyclic amines) is 1. The predicted molar refractivity (Wildman–Crippen MR) is 89.7 cm³/mol. The van der Waals surface area contributed by atoms with Gasteiger partial charge >= 0.3 is 0 Å². The fourth-order valence-corrected chi connectivity index (χ4v) is 3.02. The van der Waals surface area contributed by atoms with E-state index in [1.807, 2.05) is 23.1 Å². The van der Waals surface area contributed by atoms with Gasteiger partial charge in [-0.2, -0.15) is 0 Å². The van der Waals surface area contributed by atoms with Crippen molar-refractivity contribution in [3.63, 3.8) is 0 Å². The molecule has 0 radical (unpaired) electrons. The van der Waals surface area contributed by atoms with Crippen molar-refractivity contribution in [1.29, 1.82) is 0 Å². The van der Waals surface area contributed by atoms with Crippen LogP contribution in [-0.4, -0.2) is 29.9 Å². The lowest BCUT2D eigenvalue weighted by molar-refractivity contribution is -0.135. The van der Waals surface area contributed by atoms with Crippen molar-refractivity contribution in [2.24, 2.45) is 11.7 Å². The predicted octanol–water partition coefficient (Wildman–Crippen LogP) is 3.19. The Morgan fingerprint density at radius 1 is 1.38 bits per heavy atom. The quantitative estimate of drug-likeness (QED) is 0.928.